The lowest BCUT2D eigenvalue weighted by Crippen LogP contribution is -1.92. The molecule has 0 N–H and O–H groups in total. The number of hydrogen-bond donors (Lipinski definition) is 0. The van der Waals surface area contributed by atoms with Crippen LogP contribution in [0.25, 0.3) is 0 Å². The molecule has 2 radical (unpaired) electrons. The van der Waals surface area contributed by atoms with E-state index in [1.807, 2.05) is 6.61 Å². The zero-order valence-corrected chi connectivity index (χ0v) is 12.6. The van der Waals surface area contributed by atoms with Crippen LogP contribution in [0.4, 0.5) is 0 Å². The average Bonchev–Trinajstić information content (AvgIpc) is 2.39. The first-order valence-electron chi connectivity index (χ1n) is 8.14. The summed E-state index contributed by atoms with van der Waals surface area (Å²) in [6.07, 6.45) is 16.9. The summed E-state index contributed by atoms with van der Waals surface area (Å²) in [5.41, 5.74) is 0. The maximum Gasteiger partial charge on any atom is 0.0836 e. The molecule has 0 bridgehead atoms. The minimum atomic E-state index is 0.922. The van der Waals surface area contributed by atoms with Crippen LogP contribution in [-0.4, -0.2) is 6.61 Å². The zero-order chi connectivity index (χ0) is 13.3. The van der Waals surface area contributed by atoms with Gasteiger partial charge in [-0.15, -0.1) is 0 Å². The first-order chi connectivity index (χ1) is 8.91. The van der Waals surface area contributed by atoms with Gasteiger partial charge in [0.05, 0.1) is 6.61 Å². The van der Waals surface area contributed by atoms with Crippen LogP contribution in [0.1, 0.15) is 90.4 Å². The number of hydrogen-bond acceptors (Lipinski definition) is 1. The summed E-state index contributed by atoms with van der Waals surface area (Å²) in [6, 6.07) is 0. The molecule has 0 saturated heterocycles. The molecular weight excluding hydrogens is 220 g/mol. The van der Waals surface area contributed by atoms with Crippen molar-refractivity contribution in [1.29, 1.82) is 0 Å². The van der Waals surface area contributed by atoms with Gasteiger partial charge in [0.25, 0.3) is 0 Å². The smallest absolute Gasteiger partial charge is 0.0836 e. The molecular formula is C17H34O. The Balaban J connectivity index is 2.86. The summed E-state index contributed by atoms with van der Waals surface area (Å²) in [4.78, 5) is 0. The molecule has 0 heterocycles. The van der Waals surface area contributed by atoms with Gasteiger partial charge in [-0.2, -0.15) is 0 Å². The van der Waals surface area contributed by atoms with Crippen LogP contribution in [0.3, 0.4) is 0 Å². The third kappa shape index (κ3) is 16.0. The van der Waals surface area contributed by atoms with E-state index in [1.54, 1.807) is 0 Å². The van der Waals surface area contributed by atoms with Crippen molar-refractivity contribution < 1.29 is 4.74 Å². The second kappa shape index (κ2) is 17.0. The molecule has 0 rings (SSSR count). The first-order valence-corrected chi connectivity index (χ1v) is 8.14. The van der Waals surface area contributed by atoms with Gasteiger partial charge in [-0.3, -0.25) is 0 Å². The van der Waals surface area contributed by atoms with Gasteiger partial charge in [0, 0.05) is 6.61 Å². The molecule has 0 aliphatic carbocycles. The van der Waals surface area contributed by atoms with Gasteiger partial charge < -0.3 is 4.74 Å². The molecule has 0 unspecified atom stereocenters. The molecule has 1 heteroatoms. The highest BCUT2D eigenvalue weighted by molar-refractivity contribution is 4.53. The Kier molecular flexibility index (Phi) is 16.9. The van der Waals surface area contributed by atoms with Crippen molar-refractivity contribution in [3.8, 4) is 0 Å². The largest absolute Gasteiger partial charge is 0.376 e. The Bertz CT molecular complexity index is 118. The van der Waals surface area contributed by atoms with Crippen molar-refractivity contribution in [2.24, 2.45) is 0 Å². The molecule has 0 aliphatic heterocycles. The van der Waals surface area contributed by atoms with E-state index < -0.39 is 0 Å². The minimum Gasteiger partial charge on any atom is -0.376 e. The maximum atomic E-state index is 5.51. The molecule has 0 saturated carbocycles. The van der Waals surface area contributed by atoms with Crippen molar-refractivity contribution in [3.05, 3.63) is 13.5 Å². The van der Waals surface area contributed by atoms with Crippen LogP contribution in [0.5, 0.6) is 0 Å². The molecule has 0 fully saturated rings. The SMILES string of the molecule is [CH2]CCCCCCCCC[CH]OCCCCCC. The predicted molar refractivity (Wildman–Crippen MR) is 81.3 cm³/mol. The Morgan fingerprint density at radius 2 is 1.39 bits per heavy atom. The topological polar surface area (TPSA) is 9.23 Å². The quantitative estimate of drug-likeness (QED) is 0.321. The second-order valence-corrected chi connectivity index (χ2v) is 5.22. The molecule has 0 spiro atoms. The molecule has 1 nitrogen and oxygen atoms in total. The maximum absolute atomic E-state index is 5.51. The van der Waals surface area contributed by atoms with E-state index >= 15 is 0 Å². The highest BCUT2D eigenvalue weighted by Crippen LogP contribution is 2.10. The highest BCUT2D eigenvalue weighted by atomic mass is 16.5. The summed E-state index contributed by atoms with van der Waals surface area (Å²) < 4.78 is 5.51. The monoisotopic (exact) mass is 254 g/mol. The zero-order valence-electron chi connectivity index (χ0n) is 12.6. The lowest BCUT2D eigenvalue weighted by molar-refractivity contribution is 0.184. The van der Waals surface area contributed by atoms with E-state index in [0.29, 0.717) is 0 Å². The minimum absolute atomic E-state index is 0.922. The van der Waals surface area contributed by atoms with Crippen LogP contribution < -0.4 is 0 Å². The third-order valence-electron chi connectivity index (χ3n) is 3.31. The van der Waals surface area contributed by atoms with Gasteiger partial charge in [-0.05, 0) is 12.8 Å². The van der Waals surface area contributed by atoms with Gasteiger partial charge in [-0.1, -0.05) is 84.5 Å². The number of unbranched alkanes of at least 4 members (excludes halogenated alkanes) is 11. The van der Waals surface area contributed by atoms with Crippen molar-refractivity contribution >= 4 is 0 Å². The molecule has 0 amide bonds. The van der Waals surface area contributed by atoms with Crippen LogP contribution in [0.15, 0.2) is 0 Å². The molecule has 0 aromatic heterocycles. The first kappa shape index (κ1) is 18.0. The lowest BCUT2D eigenvalue weighted by atomic mass is 10.1. The Hall–Kier alpha value is -0.0400. The summed E-state index contributed by atoms with van der Waals surface area (Å²) >= 11 is 0. The van der Waals surface area contributed by atoms with Crippen LogP contribution in [0.2, 0.25) is 0 Å². The normalized spacial score (nSPS) is 11.0. The molecule has 0 aromatic rings. The molecule has 18 heavy (non-hydrogen) atoms. The summed E-state index contributed by atoms with van der Waals surface area (Å²) in [5, 5.41) is 0. The Morgan fingerprint density at radius 3 is 2.06 bits per heavy atom. The van der Waals surface area contributed by atoms with Crippen molar-refractivity contribution in [2.45, 2.75) is 90.4 Å². The van der Waals surface area contributed by atoms with E-state index in [2.05, 4.69) is 13.8 Å². The molecule has 108 valence electrons. The highest BCUT2D eigenvalue weighted by Gasteiger charge is 1.93. The summed E-state index contributed by atoms with van der Waals surface area (Å²) in [6.45, 7) is 9.05. The number of rotatable bonds is 15. The summed E-state index contributed by atoms with van der Waals surface area (Å²) in [7, 11) is 0. The van der Waals surface area contributed by atoms with Crippen LogP contribution in [-0.2, 0) is 4.74 Å². The van der Waals surface area contributed by atoms with Gasteiger partial charge in [-0.25, -0.2) is 0 Å². The van der Waals surface area contributed by atoms with Crippen LogP contribution >= 0.6 is 0 Å². The Morgan fingerprint density at radius 1 is 0.778 bits per heavy atom. The van der Waals surface area contributed by atoms with E-state index in [9.17, 15) is 0 Å². The van der Waals surface area contributed by atoms with Gasteiger partial charge >= 0.3 is 0 Å². The van der Waals surface area contributed by atoms with Gasteiger partial charge in [0.2, 0.25) is 0 Å². The molecule has 0 aliphatic rings. The fourth-order valence-corrected chi connectivity index (χ4v) is 2.07. The van der Waals surface area contributed by atoms with E-state index in [-0.39, 0.29) is 0 Å². The predicted octanol–water partition coefficient (Wildman–Crippen LogP) is 6.09. The fourth-order valence-electron chi connectivity index (χ4n) is 2.07. The second-order valence-electron chi connectivity index (χ2n) is 5.22. The van der Waals surface area contributed by atoms with E-state index in [4.69, 9.17) is 4.74 Å². The van der Waals surface area contributed by atoms with E-state index in [0.717, 1.165) is 19.4 Å². The molecule has 0 atom stereocenters. The Labute approximate surface area is 116 Å². The van der Waals surface area contributed by atoms with E-state index in [1.165, 1.54) is 70.6 Å². The van der Waals surface area contributed by atoms with Crippen molar-refractivity contribution in [1.82, 2.24) is 0 Å². The summed E-state index contributed by atoms with van der Waals surface area (Å²) in [5.74, 6) is 0. The standard InChI is InChI=1S/C17H34O/c1-3-5-7-9-10-11-12-13-15-17-18-16-14-8-6-4-2/h17H,1,3-16H2,2H3. The fraction of sp³-hybridized carbons (Fsp3) is 0.882. The number of ether oxygens (including phenoxy) is 1. The van der Waals surface area contributed by atoms with Crippen LogP contribution in [0, 0.1) is 13.5 Å². The third-order valence-corrected chi connectivity index (χ3v) is 3.31. The molecule has 0 aromatic carbocycles. The van der Waals surface area contributed by atoms with Gasteiger partial charge in [0.15, 0.2) is 0 Å². The van der Waals surface area contributed by atoms with Crippen molar-refractivity contribution in [2.75, 3.05) is 6.61 Å². The average molecular weight is 254 g/mol. The van der Waals surface area contributed by atoms with Gasteiger partial charge in [0.1, 0.15) is 0 Å². The lowest BCUT2D eigenvalue weighted by Gasteiger charge is -2.03. The van der Waals surface area contributed by atoms with Crippen molar-refractivity contribution in [3.63, 3.8) is 0 Å².